The Bertz CT molecular complexity index is 953. The van der Waals surface area contributed by atoms with Gasteiger partial charge in [0.05, 0.1) is 23.3 Å². The quantitative estimate of drug-likeness (QED) is 0.739. The van der Waals surface area contributed by atoms with Gasteiger partial charge in [-0.3, -0.25) is 4.72 Å². The van der Waals surface area contributed by atoms with Crippen LogP contribution in [-0.2, 0) is 10.0 Å². The molecule has 0 atom stereocenters. The van der Waals surface area contributed by atoms with Crippen LogP contribution in [0.5, 0.6) is 5.75 Å². The maximum Gasteiger partial charge on any atom is 0.337 e. The number of pyridine rings is 1. The summed E-state index contributed by atoms with van der Waals surface area (Å²) in [6, 6.07) is 7.31. The van der Waals surface area contributed by atoms with E-state index in [0.717, 1.165) is 38.8 Å². The third-order valence-corrected chi connectivity index (χ3v) is 6.26. The molecule has 1 saturated heterocycles. The minimum atomic E-state index is -3.92. The highest BCUT2D eigenvalue weighted by molar-refractivity contribution is 7.92. The van der Waals surface area contributed by atoms with Crippen molar-refractivity contribution in [3.8, 4) is 5.75 Å². The van der Waals surface area contributed by atoms with E-state index in [1.54, 1.807) is 12.1 Å². The van der Waals surface area contributed by atoms with Crippen LogP contribution < -0.4 is 14.4 Å². The van der Waals surface area contributed by atoms with Crippen LogP contribution >= 0.6 is 0 Å². The Morgan fingerprint density at radius 3 is 2.31 bits per heavy atom. The van der Waals surface area contributed by atoms with E-state index in [0.29, 0.717) is 11.6 Å². The van der Waals surface area contributed by atoms with Crippen molar-refractivity contribution in [1.82, 2.24) is 4.98 Å². The molecular formula is C20H25N3O5S. The monoisotopic (exact) mass is 419 g/mol. The number of hydrogen-bond donors (Lipinski definition) is 2. The van der Waals surface area contributed by atoms with Gasteiger partial charge in [-0.15, -0.1) is 0 Å². The van der Waals surface area contributed by atoms with Crippen molar-refractivity contribution >= 4 is 27.5 Å². The number of hydrogen-bond acceptors (Lipinski definition) is 6. The highest BCUT2D eigenvalue weighted by Gasteiger charge is 2.22. The molecule has 0 unspecified atom stereocenters. The van der Waals surface area contributed by atoms with Gasteiger partial charge < -0.3 is 14.7 Å². The van der Waals surface area contributed by atoms with Crippen molar-refractivity contribution in [2.45, 2.75) is 37.0 Å². The molecule has 1 aliphatic rings. The Morgan fingerprint density at radius 2 is 1.72 bits per heavy atom. The second kappa shape index (κ2) is 9.13. The summed E-state index contributed by atoms with van der Waals surface area (Å²) in [5.41, 5.74) is 0.0921. The minimum Gasteiger partial charge on any atom is -0.497 e. The topological polar surface area (TPSA) is 109 Å². The Morgan fingerprint density at radius 1 is 1.10 bits per heavy atom. The molecule has 0 spiro atoms. The van der Waals surface area contributed by atoms with Gasteiger partial charge >= 0.3 is 5.97 Å². The molecule has 1 aromatic heterocycles. The van der Waals surface area contributed by atoms with E-state index in [4.69, 9.17) is 4.74 Å². The van der Waals surface area contributed by atoms with Crippen LogP contribution in [0.15, 0.2) is 41.4 Å². The van der Waals surface area contributed by atoms with Gasteiger partial charge in [-0.05, 0) is 43.2 Å². The first-order valence-corrected chi connectivity index (χ1v) is 11.0. The summed E-state index contributed by atoms with van der Waals surface area (Å²) >= 11 is 0. The standard InChI is InChI=1S/C20H25N3O5S/c1-28-16-7-9-17(10-8-16)29(26,27)22-18-13-15(20(24)25)14-21-19(18)23-11-5-3-2-4-6-12-23/h7-10,13-14,22H,2-6,11-12H2,1H3,(H,24,25). The number of nitrogens with zero attached hydrogens (tertiary/aromatic N) is 2. The van der Waals surface area contributed by atoms with E-state index in [2.05, 4.69) is 9.71 Å². The molecule has 1 fully saturated rings. The van der Waals surface area contributed by atoms with Gasteiger partial charge in [-0.1, -0.05) is 19.3 Å². The van der Waals surface area contributed by atoms with E-state index in [-0.39, 0.29) is 16.1 Å². The summed E-state index contributed by atoms with van der Waals surface area (Å²) in [6.07, 6.45) is 6.63. The number of sulfonamides is 1. The molecule has 0 saturated carbocycles. The average Bonchev–Trinajstić information content (AvgIpc) is 2.68. The Hall–Kier alpha value is -2.81. The normalized spacial score (nSPS) is 15.3. The Balaban J connectivity index is 1.96. The first kappa shape index (κ1) is 20.9. The lowest BCUT2D eigenvalue weighted by molar-refractivity contribution is 0.0696. The lowest BCUT2D eigenvalue weighted by Crippen LogP contribution is -2.29. The van der Waals surface area contributed by atoms with Gasteiger partial charge in [0.15, 0.2) is 5.82 Å². The smallest absolute Gasteiger partial charge is 0.337 e. The lowest BCUT2D eigenvalue weighted by Gasteiger charge is -2.28. The molecule has 8 nitrogen and oxygen atoms in total. The number of methoxy groups -OCH3 is 1. The molecule has 9 heteroatoms. The summed E-state index contributed by atoms with van der Waals surface area (Å²) < 4.78 is 33.4. The Kier molecular flexibility index (Phi) is 6.58. The Labute approximate surface area is 170 Å². The van der Waals surface area contributed by atoms with Gasteiger partial charge in [-0.2, -0.15) is 0 Å². The second-order valence-electron chi connectivity index (χ2n) is 6.94. The maximum atomic E-state index is 12.9. The lowest BCUT2D eigenvalue weighted by atomic mass is 10.1. The van der Waals surface area contributed by atoms with Gasteiger partial charge in [0.2, 0.25) is 0 Å². The number of rotatable bonds is 6. The molecule has 0 bridgehead atoms. The molecule has 0 radical (unpaired) electrons. The van der Waals surface area contributed by atoms with Gasteiger partial charge in [0.1, 0.15) is 5.75 Å². The fourth-order valence-electron chi connectivity index (χ4n) is 3.32. The summed E-state index contributed by atoms with van der Waals surface area (Å²) in [4.78, 5) is 17.8. The molecular weight excluding hydrogens is 394 g/mol. The average molecular weight is 420 g/mol. The van der Waals surface area contributed by atoms with Crippen LogP contribution in [0.25, 0.3) is 0 Å². The van der Waals surface area contributed by atoms with E-state index in [1.807, 2.05) is 4.90 Å². The van der Waals surface area contributed by atoms with Crippen LogP contribution in [0.4, 0.5) is 11.5 Å². The summed E-state index contributed by atoms with van der Waals surface area (Å²) in [6.45, 7) is 1.49. The highest BCUT2D eigenvalue weighted by atomic mass is 32.2. The fraction of sp³-hybridized carbons (Fsp3) is 0.400. The molecule has 0 aliphatic carbocycles. The number of benzene rings is 1. The number of carbonyl (C=O) groups is 1. The van der Waals surface area contributed by atoms with E-state index in [1.165, 1.54) is 37.9 Å². The number of carboxylic acid groups (broad SMARTS) is 1. The van der Waals surface area contributed by atoms with Crippen LogP contribution in [0, 0.1) is 0 Å². The largest absolute Gasteiger partial charge is 0.497 e. The van der Waals surface area contributed by atoms with E-state index >= 15 is 0 Å². The number of ether oxygens (including phenoxy) is 1. The SMILES string of the molecule is COc1ccc(S(=O)(=O)Nc2cc(C(=O)O)cnc2N2CCCCCCC2)cc1. The molecule has 2 heterocycles. The number of anilines is 2. The van der Waals surface area contributed by atoms with Crippen molar-refractivity contribution < 1.29 is 23.1 Å². The first-order valence-electron chi connectivity index (χ1n) is 9.56. The van der Waals surface area contributed by atoms with Crippen LogP contribution in [0.2, 0.25) is 0 Å². The van der Waals surface area contributed by atoms with Crippen molar-refractivity contribution in [3.05, 3.63) is 42.1 Å². The number of carboxylic acids is 1. The van der Waals surface area contributed by atoms with Crippen molar-refractivity contribution in [2.24, 2.45) is 0 Å². The molecule has 0 amide bonds. The molecule has 1 aliphatic heterocycles. The molecule has 2 aromatic rings. The van der Waals surface area contributed by atoms with Crippen molar-refractivity contribution in [2.75, 3.05) is 29.8 Å². The van der Waals surface area contributed by atoms with E-state index < -0.39 is 16.0 Å². The van der Waals surface area contributed by atoms with Gasteiger partial charge in [-0.25, -0.2) is 18.2 Å². The number of aromatic nitrogens is 1. The number of aromatic carboxylic acids is 1. The van der Waals surface area contributed by atoms with E-state index in [9.17, 15) is 18.3 Å². The zero-order valence-corrected chi connectivity index (χ0v) is 17.1. The molecule has 1 aromatic carbocycles. The first-order chi connectivity index (χ1) is 13.9. The summed E-state index contributed by atoms with van der Waals surface area (Å²) in [7, 11) is -2.42. The van der Waals surface area contributed by atoms with Crippen LogP contribution in [-0.4, -0.2) is 44.7 Å². The molecule has 2 N–H and O–H groups in total. The highest BCUT2D eigenvalue weighted by Crippen LogP contribution is 2.29. The van der Waals surface area contributed by atoms with Crippen molar-refractivity contribution in [3.63, 3.8) is 0 Å². The van der Waals surface area contributed by atoms with Gasteiger partial charge in [0, 0.05) is 19.3 Å². The summed E-state index contributed by atoms with van der Waals surface area (Å²) in [5.74, 6) is -0.171. The second-order valence-corrected chi connectivity index (χ2v) is 8.62. The zero-order valence-electron chi connectivity index (χ0n) is 16.3. The number of nitrogens with one attached hydrogen (secondary N) is 1. The maximum absolute atomic E-state index is 12.9. The summed E-state index contributed by atoms with van der Waals surface area (Å²) in [5, 5.41) is 9.32. The molecule has 156 valence electrons. The van der Waals surface area contributed by atoms with Crippen LogP contribution in [0.1, 0.15) is 42.5 Å². The zero-order chi connectivity index (χ0) is 20.9. The predicted molar refractivity (Wildman–Crippen MR) is 110 cm³/mol. The fourth-order valence-corrected chi connectivity index (χ4v) is 4.37. The minimum absolute atomic E-state index is 0.0534. The third-order valence-electron chi connectivity index (χ3n) is 4.88. The van der Waals surface area contributed by atoms with Gasteiger partial charge in [0.25, 0.3) is 10.0 Å². The molecule has 3 rings (SSSR count). The van der Waals surface area contributed by atoms with Crippen molar-refractivity contribution in [1.29, 1.82) is 0 Å². The molecule has 29 heavy (non-hydrogen) atoms. The van der Waals surface area contributed by atoms with Crippen LogP contribution in [0.3, 0.4) is 0 Å². The predicted octanol–water partition coefficient (Wildman–Crippen LogP) is 3.36. The third kappa shape index (κ3) is 5.17.